The summed E-state index contributed by atoms with van der Waals surface area (Å²) in [6.07, 6.45) is 3.36. The summed E-state index contributed by atoms with van der Waals surface area (Å²) >= 11 is 0. The summed E-state index contributed by atoms with van der Waals surface area (Å²) in [7, 11) is 1.51. The molecule has 0 aliphatic carbocycles. The van der Waals surface area contributed by atoms with Crippen LogP contribution in [0.5, 0.6) is 0 Å². The van der Waals surface area contributed by atoms with Crippen LogP contribution in [-0.4, -0.2) is 13.3 Å². The summed E-state index contributed by atoms with van der Waals surface area (Å²) in [5, 5.41) is 3.61. The van der Waals surface area contributed by atoms with Gasteiger partial charge in [-0.3, -0.25) is 0 Å². The van der Waals surface area contributed by atoms with Crippen LogP contribution in [0.4, 0.5) is 4.39 Å². The van der Waals surface area contributed by atoms with Crippen LogP contribution in [0.25, 0.3) is 0 Å². The van der Waals surface area contributed by atoms with Crippen LogP contribution in [0.2, 0.25) is 0 Å². The largest absolute Gasteiger partial charge is 0.399 e. The van der Waals surface area contributed by atoms with Crippen molar-refractivity contribution >= 4 is 6.21 Å². The van der Waals surface area contributed by atoms with Crippen molar-refractivity contribution in [1.82, 2.24) is 0 Å². The van der Waals surface area contributed by atoms with Crippen LogP contribution in [0, 0.1) is 5.82 Å². The lowest BCUT2D eigenvalue weighted by Crippen LogP contribution is -1.86. The van der Waals surface area contributed by atoms with E-state index in [0.29, 0.717) is 0 Å². The molecule has 0 saturated carbocycles. The number of rotatable bonds is 4. The van der Waals surface area contributed by atoms with Crippen molar-refractivity contribution in [3.05, 3.63) is 35.6 Å². The second kappa shape index (κ2) is 5.30. The van der Waals surface area contributed by atoms with Crippen LogP contribution < -0.4 is 0 Å². The number of nitrogens with zero attached hydrogens (tertiary/aromatic N) is 1. The molecule has 70 valence electrons. The molecule has 2 nitrogen and oxygen atoms in total. The van der Waals surface area contributed by atoms with Gasteiger partial charge in [0.05, 0.1) is 0 Å². The van der Waals surface area contributed by atoms with E-state index in [-0.39, 0.29) is 5.82 Å². The maximum absolute atomic E-state index is 12.5. The van der Waals surface area contributed by atoms with Gasteiger partial charge >= 0.3 is 0 Å². The van der Waals surface area contributed by atoms with Gasteiger partial charge in [-0.2, -0.15) is 0 Å². The lowest BCUT2D eigenvalue weighted by molar-refractivity contribution is 0.214. The van der Waals surface area contributed by atoms with Gasteiger partial charge < -0.3 is 4.84 Å². The average molecular weight is 181 g/mol. The Bertz CT molecular complexity index is 269. The van der Waals surface area contributed by atoms with Crippen LogP contribution in [0.1, 0.15) is 12.0 Å². The predicted molar refractivity (Wildman–Crippen MR) is 50.2 cm³/mol. The van der Waals surface area contributed by atoms with Crippen molar-refractivity contribution in [3.63, 3.8) is 0 Å². The third kappa shape index (κ3) is 3.69. The molecule has 0 radical (unpaired) electrons. The van der Waals surface area contributed by atoms with Crippen LogP contribution in [0.3, 0.4) is 0 Å². The van der Waals surface area contributed by atoms with E-state index in [1.165, 1.54) is 19.2 Å². The fourth-order valence-corrected chi connectivity index (χ4v) is 1.01. The molecule has 0 N–H and O–H groups in total. The summed E-state index contributed by atoms with van der Waals surface area (Å²) in [6.45, 7) is 0. The van der Waals surface area contributed by atoms with E-state index in [0.717, 1.165) is 18.4 Å². The highest BCUT2D eigenvalue weighted by molar-refractivity contribution is 5.56. The minimum Gasteiger partial charge on any atom is -0.399 e. The van der Waals surface area contributed by atoms with Crippen molar-refractivity contribution in [3.8, 4) is 0 Å². The van der Waals surface area contributed by atoms with Crippen molar-refractivity contribution in [2.75, 3.05) is 7.11 Å². The van der Waals surface area contributed by atoms with Gasteiger partial charge in [-0.25, -0.2) is 4.39 Å². The molecule has 1 aromatic rings. The SMILES string of the molecule is CO/N=C/CCc1ccc(F)cc1. The van der Waals surface area contributed by atoms with Gasteiger partial charge in [-0.05, 0) is 30.5 Å². The second-order valence-electron chi connectivity index (χ2n) is 2.64. The number of halogens is 1. The zero-order chi connectivity index (χ0) is 9.52. The maximum atomic E-state index is 12.5. The van der Waals surface area contributed by atoms with Crippen LogP contribution >= 0.6 is 0 Å². The third-order valence-corrected chi connectivity index (χ3v) is 1.66. The normalized spacial score (nSPS) is 10.6. The maximum Gasteiger partial charge on any atom is 0.123 e. The van der Waals surface area contributed by atoms with E-state index >= 15 is 0 Å². The third-order valence-electron chi connectivity index (χ3n) is 1.66. The lowest BCUT2D eigenvalue weighted by Gasteiger charge is -1.96. The fourth-order valence-electron chi connectivity index (χ4n) is 1.01. The van der Waals surface area contributed by atoms with Gasteiger partial charge in [-0.1, -0.05) is 17.3 Å². The minimum absolute atomic E-state index is 0.200. The quantitative estimate of drug-likeness (QED) is 0.516. The van der Waals surface area contributed by atoms with E-state index < -0.39 is 0 Å². The van der Waals surface area contributed by atoms with E-state index in [2.05, 4.69) is 9.99 Å². The molecular formula is C10H12FNO. The first-order valence-corrected chi connectivity index (χ1v) is 4.12. The van der Waals surface area contributed by atoms with Gasteiger partial charge in [-0.15, -0.1) is 0 Å². The summed E-state index contributed by atoms with van der Waals surface area (Å²) in [4.78, 5) is 4.51. The molecule has 0 fully saturated rings. The number of hydrogen-bond acceptors (Lipinski definition) is 2. The van der Waals surface area contributed by atoms with Gasteiger partial charge in [0.25, 0.3) is 0 Å². The Morgan fingerprint density at radius 2 is 2.08 bits per heavy atom. The molecule has 0 spiro atoms. The van der Waals surface area contributed by atoms with Gasteiger partial charge in [0, 0.05) is 6.21 Å². The highest BCUT2D eigenvalue weighted by atomic mass is 19.1. The van der Waals surface area contributed by atoms with Crippen molar-refractivity contribution in [2.45, 2.75) is 12.8 Å². The molecule has 0 heterocycles. The zero-order valence-electron chi connectivity index (χ0n) is 7.53. The molecule has 1 aromatic carbocycles. The summed E-state index contributed by atoms with van der Waals surface area (Å²) < 4.78 is 12.5. The van der Waals surface area contributed by atoms with Crippen LogP contribution in [-0.2, 0) is 11.3 Å². The molecule has 1 rings (SSSR count). The first kappa shape index (κ1) is 9.71. The zero-order valence-corrected chi connectivity index (χ0v) is 7.53. The monoisotopic (exact) mass is 181 g/mol. The molecule has 0 aliphatic heterocycles. The topological polar surface area (TPSA) is 21.6 Å². The fraction of sp³-hybridized carbons (Fsp3) is 0.300. The molecule has 0 amide bonds. The molecular weight excluding hydrogens is 169 g/mol. The number of hydrogen-bond donors (Lipinski definition) is 0. The Morgan fingerprint density at radius 1 is 1.38 bits per heavy atom. The first-order chi connectivity index (χ1) is 6.33. The molecule has 0 aliphatic rings. The Balaban J connectivity index is 2.37. The Morgan fingerprint density at radius 3 is 2.69 bits per heavy atom. The smallest absolute Gasteiger partial charge is 0.123 e. The summed E-state index contributed by atoms with van der Waals surface area (Å²) in [5.41, 5.74) is 1.10. The van der Waals surface area contributed by atoms with Gasteiger partial charge in [0.15, 0.2) is 0 Å². The Labute approximate surface area is 77.0 Å². The minimum atomic E-state index is -0.200. The molecule has 0 unspecified atom stereocenters. The average Bonchev–Trinajstić information content (AvgIpc) is 2.15. The first-order valence-electron chi connectivity index (χ1n) is 4.12. The van der Waals surface area contributed by atoms with Gasteiger partial charge in [0.2, 0.25) is 0 Å². The van der Waals surface area contributed by atoms with Gasteiger partial charge in [0.1, 0.15) is 12.9 Å². The van der Waals surface area contributed by atoms with E-state index in [4.69, 9.17) is 0 Å². The number of aryl methyl sites for hydroxylation is 1. The molecule has 0 aromatic heterocycles. The second-order valence-corrected chi connectivity index (χ2v) is 2.64. The highest BCUT2D eigenvalue weighted by Crippen LogP contribution is 2.04. The molecule has 0 saturated heterocycles. The van der Waals surface area contributed by atoms with Crippen molar-refractivity contribution in [2.24, 2.45) is 5.16 Å². The standard InChI is InChI=1S/C10H12FNO/c1-13-12-8-2-3-9-4-6-10(11)7-5-9/h4-8H,2-3H2,1H3/b12-8+. The van der Waals surface area contributed by atoms with E-state index in [1.54, 1.807) is 18.3 Å². The van der Waals surface area contributed by atoms with Crippen molar-refractivity contribution in [1.29, 1.82) is 0 Å². The molecule has 0 bridgehead atoms. The predicted octanol–water partition coefficient (Wildman–Crippen LogP) is 2.39. The lowest BCUT2D eigenvalue weighted by atomic mass is 10.1. The van der Waals surface area contributed by atoms with E-state index in [1.807, 2.05) is 0 Å². The Hall–Kier alpha value is -1.38. The number of oxime groups is 1. The molecule has 3 heteroatoms. The van der Waals surface area contributed by atoms with Crippen LogP contribution in [0.15, 0.2) is 29.4 Å². The summed E-state index contributed by atoms with van der Waals surface area (Å²) in [6, 6.07) is 6.47. The summed E-state index contributed by atoms with van der Waals surface area (Å²) in [5.74, 6) is -0.200. The highest BCUT2D eigenvalue weighted by Gasteiger charge is 1.92. The molecule has 13 heavy (non-hydrogen) atoms. The van der Waals surface area contributed by atoms with Crippen molar-refractivity contribution < 1.29 is 9.23 Å². The Kier molecular flexibility index (Phi) is 3.96. The van der Waals surface area contributed by atoms with E-state index in [9.17, 15) is 4.39 Å². The molecule has 0 atom stereocenters. The number of benzene rings is 1.